The number of hydrazine groups is 1. The minimum atomic E-state index is -3.70. The third-order valence-corrected chi connectivity index (χ3v) is 4.66. The number of H-pyrrole nitrogens is 1. The lowest BCUT2D eigenvalue weighted by Gasteiger charge is -2.07. The summed E-state index contributed by atoms with van der Waals surface area (Å²) in [6, 6.07) is 7.46. The Morgan fingerprint density at radius 2 is 1.78 bits per heavy atom. The standard InChI is InChI=1S/C14H14FN3O4S/c15-10-3-5-11(6-4-10)23(21,22)9-7-13(19)17-18-14(20)12-2-1-8-16-12/h1-6,8,16H,7,9H2,(H,17,19)(H,18,20). The topological polar surface area (TPSA) is 108 Å². The molecule has 23 heavy (non-hydrogen) atoms. The molecular formula is C14H14FN3O4S. The lowest BCUT2D eigenvalue weighted by Crippen LogP contribution is -2.42. The maximum atomic E-state index is 12.8. The van der Waals surface area contributed by atoms with Crippen LogP contribution in [0.5, 0.6) is 0 Å². The molecule has 2 aromatic rings. The molecule has 0 aliphatic heterocycles. The minimum absolute atomic E-state index is 0.0675. The van der Waals surface area contributed by atoms with Crippen LogP contribution in [0.25, 0.3) is 0 Å². The van der Waals surface area contributed by atoms with Crippen molar-refractivity contribution in [1.29, 1.82) is 0 Å². The molecular weight excluding hydrogens is 325 g/mol. The average Bonchev–Trinajstić information content (AvgIpc) is 3.05. The van der Waals surface area contributed by atoms with E-state index in [1.807, 2.05) is 0 Å². The van der Waals surface area contributed by atoms with Gasteiger partial charge in [0.1, 0.15) is 11.5 Å². The van der Waals surface area contributed by atoms with E-state index in [2.05, 4.69) is 15.8 Å². The fourth-order valence-electron chi connectivity index (χ4n) is 1.71. The number of carbonyl (C=O) groups is 2. The van der Waals surface area contributed by atoms with Crippen LogP contribution in [-0.4, -0.2) is 31.0 Å². The summed E-state index contributed by atoms with van der Waals surface area (Å²) in [7, 11) is -3.70. The number of hydrogen-bond acceptors (Lipinski definition) is 4. The number of benzene rings is 1. The zero-order valence-corrected chi connectivity index (χ0v) is 12.7. The van der Waals surface area contributed by atoms with Crippen molar-refractivity contribution in [2.45, 2.75) is 11.3 Å². The van der Waals surface area contributed by atoms with Crippen LogP contribution in [0.4, 0.5) is 4.39 Å². The first kappa shape index (κ1) is 16.7. The third-order valence-electron chi connectivity index (χ3n) is 2.93. The molecule has 0 saturated carbocycles. The molecule has 2 amide bonds. The Morgan fingerprint density at radius 1 is 1.09 bits per heavy atom. The summed E-state index contributed by atoms with van der Waals surface area (Å²) >= 11 is 0. The quantitative estimate of drug-likeness (QED) is 0.552. The van der Waals surface area contributed by atoms with Crippen molar-refractivity contribution in [1.82, 2.24) is 15.8 Å². The largest absolute Gasteiger partial charge is 0.357 e. The predicted octanol–water partition coefficient (Wildman–Crippen LogP) is 0.779. The Labute approximate surface area is 131 Å². The summed E-state index contributed by atoms with van der Waals surface area (Å²) in [6.07, 6.45) is 1.21. The van der Waals surface area contributed by atoms with Crippen LogP contribution >= 0.6 is 0 Å². The van der Waals surface area contributed by atoms with E-state index in [0.717, 1.165) is 24.3 Å². The molecule has 0 radical (unpaired) electrons. The highest BCUT2D eigenvalue weighted by molar-refractivity contribution is 7.91. The first-order valence-electron chi connectivity index (χ1n) is 6.59. The summed E-state index contributed by atoms with van der Waals surface area (Å²) in [4.78, 5) is 25.7. The molecule has 0 aliphatic rings. The van der Waals surface area contributed by atoms with Crippen molar-refractivity contribution >= 4 is 21.7 Å². The average molecular weight is 339 g/mol. The normalized spacial score (nSPS) is 11.0. The molecule has 0 fully saturated rings. The zero-order valence-electron chi connectivity index (χ0n) is 11.9. The Morgan fingerprint density at radius 3 is 2.39 bits per heavy atom. The van der Waals surface area contributed by atoms with Crippen LogP contribution in [0.15, 0.2) is 47.5 Å². The summed E-state index contributed by atoms with van der Waals surface area (Å²) in [5.41, 5.74) is 4.53. The highest BCUT2D eigenvalue weighted by Crippen LogP contribution is 2.12. The van der Waals surface area contributed by atoms with E-state index in [-0.39, 0.29) is 17.0 Å². The monoisotopic (exact) mass is 339 g/mol. The third kappa shape index (κ3) is 4.65. The summed E-state index contributed by atoms with van der Waals surface area (Å²) < 4.78 is 36.7. The van der Waals surface area contributed by atoms with E-state index in [0.29, 0.717) is 0 Å². The molecule has 7 nitrogen and oxygen atoms in total. The number of aromatic amines is 1. The van der Waals surface area contributed by atoms with E-state index in [1.165, 1.54) is 6.07 Å². The van der Waals surface area contributed by atoms with Crippen LogP contribution in [-0.2, 0) is 14.6 Å². The van der Waals surface area contributed by atoms with Gasteiger partial charge >= 0.3 is 0 Å². The molecule has 0 unspecified atom stereocenters. The highest BCUT2D eigenvalue weighted by atomic mass is 32.2. The van der Waals surface area contributed by atoms with Gasteiger partial charge in [0.25, 0.3) is 5.91 Å². The van der Waals surface area contributed by atoms with Gasteiger partial charge in [-0.15, -0.1) is 0 Å². The molecule has 0 aliphatic carbocycles. The summed E-state index contributed by atoms with van der Waals surface area (Å²) in [5.74, 6) is -2.21. The SMILES string of the molecule is O=C(CCS(=O)(=O)c1ccc(F)cc1)NNC(=O)c1ccc[nH]1. The van der Waals surface area contributed by atoms with Gasteiger partial charge in [-0.05, 0) is 36.4 Å². The number of nitrogens with one attached hydrogen (secondary N) is 3. The van der Waals surface area contributed by atoms with Gasteiger partial charge in [0.05, 0.1) is 10.6 Å². The fourth-order valence-corrected chi connectivity index (χ4v) is 2.96. The predicted molar refractivity (Wildman–Crippen MR) is 79.5 cm³/mol. The molecule has 9 heteroatoms. The maximum absolute atomic E-state index is 12.8. The van der Waals surface area contributed by atoms with Gasteiger partial charge in [0.2, 0.25) is 5.91 Å². The lowest BCUT2D eigenvalue weighted by molar-refractivity contribution is -0.121. The van der Waals surface area contributed by atoms with E-state index in [4.69, 9.17) is 0 Å². The summed E-state index contributed by atoms with van der Waals surface area (Å²) in [6.45, 7) is 0. The van der Waals surface area contributed by atoms with Crippen molar-refractivity contribution in [3.8, 4) is 0 Å². The molecule has 122 valence electrons. The number of rotatable bonds is 5. The van der Waals surface area contributed by atoms with E-state index < -0.39 is 33.2 Å². The van der Waals surface area contributed by atoms with Crippen molar-refractivity contribution < 1.29 is 22.4 Å². The Kier molecular flexibility index (Phi) is 5.12. The fraction of sp³-hybridized carbons (Fsp3) is 0.143. The van der Waals surface area contributed by atoms with Crippen molar-refractivity contribution in [2.24, 2.45) is 0 Å². The minimum Gasteiger partial charge on any atom is -0.357 e. The van der Waals surface area contributed by atoms with Gasteiger partial charge in [0.15, 0.2) is 9.84 Å². The van der Waals surface area contributed by atoms with Crippen molar-refractivity contribution in [3.05, 3.63) is 54.1 Å². The van der Waals surface area contributed by atoms with Gasteiger partial charge in [-0.3, -0.25) is 20.4 Å². The lowest BCUT2D eigenvalue weighted by atomic mass is 10.4. The molecule has 3 N–H and O–H groups in total. The number of hydrogen-bond donors (Lipinski definition) is 3. The van der Waals surface area contributed by atoms with Gasteiger partial charge in [0, 0.05) is 12.6 Å². The highest BCUT2D eigenvalue weighted by Gasteiger charge is 2.17. The van der Waals surface area contributed by atoms with Gasteiger partial charge in [-0.1, -0.05) is 0 Å². The van der Waals surface area contributed by atoms with Crippen molar-refractivity contribution in [2.75, 3.05) is 5.75 Å². The number of halogens is 1. The summed E-state index contributed by atoms with van der Waals surface area (Å²) in [5, 5.41) is 0. The van der Waals surface area contributed by atoms with Crippen LogP contribution in [0.1, 0.15) is 16.9 Å². The Balaban J connectivity index is 1.84. The van der Waals surface area contributed by atoms with Crippen LogP contribution in [0.2, 0.25) is 0 Å². The first-order valence-corrected chi connectivity index (χ1v) is 8.24. The van der Waals surface area contributed by atoms with E-state index in [9.17, 15) is 22.4 Å². The maximum Gasteiger partial charge on any atom is 0.286 e. The second-order valence-corrected chi connectivity index (χ2v) is 6.72. The first-order chi connectivity index (χ1) is 10.9. The molecule has 1 aromatic carbocycles. The van der Waals surface area contributed by atoms with Crippen molar-refractivity contribution in [3.63, 3.8) is 0 Å². The molecule has 0 bridgehead atoms. The molecule has 0 spiro atoms. The second-order valence-electron chi connectivity index (χ2n) is 4.61. The number of amides is 2. The number of carbonyl (C=O) groups excluding carboxylic acids is 2. The number of aromatic nitrogens is 1. The second kappa shape index (κ2) is 7.05. The molecule has 1 heterocycles. The van der Waals surface area contributed by atoms with Crippen LogP contribution < -0.4 is 10.9 Å². The molecule has 1 aromatic heterocycles. The zero-order chi connectivity index (χ0) is 16.9. The van der Waals surface area contributed by atoms with Crippen LogP contribution in [0, 0.1) is 5.82 Å². The molecule has 0 atom stereocenters. The van der Waals surface area contributed by atoms with E-state index in [1.54, 1.807) is 12.3 Å². The Hall–Kier alpha value is -2.68. The smallest absolute Gasteiger partial charge is 0.286 e. The van der Waals surface area contributed by atoms with E-state index >= 15 is 0 Å². The van der Waals surface area contributed by atoms with Crippen LogP contribution in [0.3, 0.4) is 0 Å². The van der Waals surface area contributed by atoms with Gasteiger partial charge in [-0.25, -0.2) is 12.8 Å². The number of sulfone groups is 1. The Bertz CT molecular complexity index is 786. The molecule has 2 rings (SSSR count). The van der Waals surface area contributed by atoms with Gasteiger partial charge in [-0.2, -0.15) is 0 Å². The van der Waals surface area contributed by atoms with Gasteiger partial charge < -0.3 is 4.98 Å². The molecule has 0 saturated heterocycles.